The number of aliphatic imine (C=N–C) groups is 1. The molecule has 0 spiro atoms. The Morgan fingerprint density at radius 3 is 2.59 bits per heavy atom. The molecule has 1 aliphatic carbocycles. The lowest BCUT2D eigenvalue weighted by atomic mass is 9.66. The van der Waals surface area contributed by atoms with E-state index in [0.717, 1.165) is 34.1 Å². The summed E-state index contributed by atoms with van der Waals surface area (Å²) in [5.74, 6) is 0.754. The van der Waals surface area contributed by atoms with Gasteiger partial charge in [-0.05, 0) is 47.7 Å². The lowest BCUT2D eigenvalue weighted by Gasteiger charge is -2.45. The summed E-state index contributed by atoms with van der Waals surface area (Å²) in [6, 6.07) is 11.7. The minimum absolute atomic E-state index is 0.0148. The van der Waals surface area contributed by atoms with E-state index in [0.29, 0.717) is 41.6 Å². The fourth-order valence-electron chi connectivity index (χ4n) is 5.13. The second-order valence-electron chi connectivity index (χ2n) is 8.66. The number of nitrogens with two attached hydrogens (primary N) is 1. The topological polar surface area (TPSA) is 69.7 Å². The molecular formula is C26H25F2N3O2S. The maximum Gasteiger partial charge on any atom is 0.216 e. The van der Waals surface area contributed by atoms with Crippen LogP contribution in [-0.2, 0) is 24.8 Å². The average molecular weight is 482 g/mol. The van der Waals surface area contributed by atoms with Crippen molar-refractivity contribution in [3.63, 3.8) is 0 Å². The van der Waals surface area contributed by atoms with Crippen LogP contribution in [0.4, 0.5) is 8.78 Å². The first-order chi connectivity index (χ1) is 16.4. The molecule has 2 aliphatic rings. The second-order valence-corrected chi connectivity index (χ2v) is 9.70. The van der Waals surface area contributed by atoms with Crippen LogP contribution in [0.3, 0.4) is 0 Å². The third-order valence-electron chi connectivity index (χ3n) is 6.81. The zero-order valence-electron chi connectivity index (χ0n) is 19.0. The first-order valence-corrected chi connectivity index (χ1v) is 12.0. The summed E-state index contributed by atoms with van der Waals surface area (Å²) >= 11 is 1.48. The van der Waals surface area contributed by atoms with Gasteiger partial charge in [-0.2, -0.15) is 0 Å². The molecule has 0 saturated heterocycles. The quantitative estimate of drug-likeness (QED) is 0.575. The van der Waals surface area contributed by atoms with Crippen molar-refractivity contribution in [3.8, 4) is 11.6 Å². The van der Waals surface area contributed by atoms with Gasteiger partial charge >= 0.3 is 0 Å². The van der Waals surface area contributed by atoms with E-state index in [2.05, 4.69) is 4.98 Å². The number of aromatic nitrogens is 1. The third kappa shape index (κ3) is 3.90. The smallest absolute Gasteiger partial charge is 0.216 e. The van der Waals surface area contributed by atoms with E-state index < -0.39 is 17.2 Å². The van der Waals surface area contributed by atoms with Gasteiger partial charge in [-0.15, -0.1) is 0 Å². The van der Waals surface area contributed by atoms with Crippen LogP contribution in [0, 0.1) is 17.6 Å². The van der Waals surface area contributed by atoms with Crippen LogP contribution in [0.2, 0.25) is 0 Å². The summed E-state index contributed by atoms with van der Waals surface area (Å²) in [6.07, 6.45) is 3.61. The Balaban J connectivity index is 1.62. The molecule has 0 saturated carbocycles. The highest BCUT2D eigenvalue weighted by atomic mass is 32.2. The highest BCUT2D eigenvalue weighted by Gasteiger charge is 2.49. The van der Waals surface area contributed by atoms with Gasteiger partial charge in [-0.3, -0.25) is 4.99 Å². The zero-order chi connectivity index (χ0) is 23.9. The second kappa shape index (κ2) is 8.91. The highest BCUT2D eigenvalue weighted by Crippen LogP contribution is 2.50. The normalized spacial score (nSPS) is 21.3. The summed E-state index contributed by atoms with van der Waals surface area (Å²) in [6.45, 7) is 0. The van der Waals surface area contributed by atoms with Crippen LogP contribution in [0.1, 0.15) is 27.8 Å². The molecule has 0 bridgehead atoms. The fraction of sp³-hybridized carbons (Fsp3) is 0.308. The number of pyridine rings is 1. The Morgan fingerprint density at radius 1 is 1.09 bits per heavy atom. The van der Waals surface area contributed by atoms with Gasteiger partial charge < -0.3 is 15.2 Å². The average Bonchev–Trinajstić information content (AvgIpc) is 2.83. The summed E-state index contributed by atoms with van der Waals surface area (Å²) < 4.78 is 39.7. The third-order valence-corrected chi connectivity index (χ3v) is 7.76. The molecule has 3 aromatic rings. The summed E-state index contributed by atoms with van der Waals surface area (Å²) in [4.78, 5) is 9.37. The van der Waals surface area contributed by atoms with Crippen LogP contribution < -0.4 is 15.2 Å². The molecule has 2 heterocycles. The summed E-state index contributed by atoms with van der Waals surface area (Å²) in [7, 11) is 3.23. The monoisotopic (exact) mass is 481 g/mol. The molecule has 1 aromatic heterocycles. The Bertz CT molecular complexity index is 1270. The van der Waals surface area contributed by atoms with Crippen molar-refractivity contribution in [1.29, 1.82) is 0 Å². The van der Waals surface area contributed by atoms with Crippen molar-refractivity contribution in [2.75, 3.05) is 20.0 Å². The predicted molar refractivity (Wildman–Crippen MR) is 130 cm³/mol. The number of thioether (sulfide) groups is 1. The van der Waals surface area contributed by atoms with Crippen LogP contribution in [0.25, 0.3) is 0 Å². The predicted octanol–water partition coefficient (Wildman–Crippen LogP) is 4.64. The Hall–Kier alpha value is -3.13. The van der Waals surface area contributed by atoms with Gasteiger partial charge in [0.2, 0.25) is 5.88 Å². The van der Waals surface area contributed by atoms with E-state index in [4.69, 9.17) is 20.2 Å². The number of benzene rings is 2. The number of methoxy groups -OCH3 is 2. The minimum atomic E-state index is -0.937. The fourth-order valence-corrected chi connectivity index (χ4v) is 6.12. The Kier molecular flexibility index (Phi) is 5.93. The summed E-state index contributed by atoms with van der Waals surface area (Å²) in [5.41, 5.74) is 9.86. The van der Waals surface area contributed by atoms with Crippen molar-refractivity contribution in [2.45, 2.75) is 24.8 Å². The molecule has 5 nitrogen and oxygen atoms in total. The number of nitrogens with zero attached hydrogens (tertiary/aromatic N) is 2. The number of rotatable bonds is 5. The maximum absolute atomic E-state index is 15.1. The van der Waals surface area contributed by atoms with Gasteiger partial charge in [0.05, 0.1) is 19.8 Å². The molecule has 0 radical (unpaired) electrons. The van der Waals surface area contributed by atoms with Crippen molar-refractivity contribution >= 4 is 16.9 Å². The van der Waals surface area contributed by atoms with Gasteiger partial charge in [0.25, 0.3) is 0 Å². The molecule has 1 aliphatic heterocycles. The Labute approximate surface area is 201 Å². The molecule has 2 atom stereocenters. The van der Waals surface area contributed by atoms with Crippen molar-refractivity contribution in [2.24, 2.45) is 16.6 Å². The molecule has 0 amide bonds. The summed E-state index contributed by atoms with van der Waals surface area (Å²) in [5, 5.41) is 0.407. The van der Waals surface area contributed by atoms with E-state index in [1.54, 1.807) is 14.2 Å². The van der Waals surface area contributed by atoms with E-state index in [-0.39, 0.29) is 5.92 Å². The molecule has 0 unspecified atom stereocenters. The molecule has 2 aromatic carbocycles. The van der Waals surface area contributed by atoms with E-state index in [1.807, 2.05) is 30.5 Å². The lowest BCUT2D eigenvalue weighted by Crippen LogP contribution is -2.47. The molecule has 2 N–H and O–H groups in total. The molecule has 176 valence electrons. The number of fused-ring (bicyclic) bond motifs is 2. The molecule has 8 heteroatoms. The van der Waals surface area contributed by atoms with E-state index in [1.165, 1.54) is 23.9 Å². The number of amidine groups is 1. The van der Waals surface area contributed by atoms with E-state index in [9.17, 15) is 4.39 Å². The van der Waals surface area contributed by atoms with Crippen LogP contribution in [0.5, 0.6) is 11.6 Å². The van der Waals surface area contributed by atoms with Crippen molar-refractivity contribution in [3.05, 3.63) is 88.1 Å². The highest BCUT2D eigenvalue weighted by molar-refractivity contribution is 8.13. The largest absolute Gasteiger partial charge is 0.497 e. The number of hydrogen-bond donors (Lipinski definition) is 1. The first-order valence-electron chi connectivity index (χ1n) is 11.0. The number of halogens is 2. The number of hydrogen-bond acceptors (Lipinski definition) is 6. The molecule has 5 rings (SSSR count). The van der Waals surface area contributed by atoms with Gasteiger partial charge in [0.15, 0.2) is 5.17 Å². The molecular weight excluding hydrogens is 456 g/mol. The first kappa shape index (κ1) is 22.7. The lowest BCUT2D eigenvalue weighted by molar-refractivity contribution is 0.261. The van der Waals surface area contributed by atoms with Gasteiger partial charge in [0.1, 0.15) is 17.4 Å². The van der Waals surface area contributed by atoms with Crippen molar-refractivity contribution in [1.82, 2.24) is 4.98 Å². The van der Waals surface area contributed by atoms with Gasteiger partial charge in [-0.25, -0.2) is 13.8 Å². The van der Waals surface area contributed by atoms with E-state index >= 15 is 4.39 Å². The molecule has 0 fully saturated rings. The van der Waals surface area contributed by atoms with Gasteiger partial charge in [0, 0.05) is 41.5 Å². The zero-order valence-corrected chi connectivity index (χ0v) is 19.8. The van der Waals surface area contributed by atoms with Crippen LogP contribution in [-0.4, -0.2) is 30.1 Å². The minimum Gasteiger partial charge on any atom is -0.497 e. The van der Waals surface area contributed by atoms with Crippen LogP contribution >= 0.6 is 11.8 Å². The van der Waals surface area contributed by atoms with Gasteiger partial charge in [-0.1, -0.05) is 30.0 Å². The Morgan fingerprint density at radius 2 is 1.88 bits per heavy atom. The van der Waals surface area contributed by atoms with Crippen LogP contribution in [0.15, 0.2) is 53.7 Å². The molecule has 34 heavy (non-hydrogen) atoms. The van der Waals surface area contributed by atoms with Crippen molar-refractivity contribution < 1.29 is 18.3 Å². The maximum atomic E-state index is 15.1. The SMILES string of the molecule is COc1ccc(Cc2cnc(OC)c3c2C[C@H]2CSC(N)=N[C@@]2(c2ccc(F)cc2F)C3)cc1. The number of ether oxygens (including phenoxy) is 2. The standard InChI is InChI=1S/C26H25F2N3O2S/c1-32-19-6-3-15(4-7-19)9-16-13-30-24(33-2)21-12-26(22-8-5-18(27)11-23(22)28)17(10-20(16)21)14-34-25(29)31-26/h3-8,11,13,17H,9-10,12,14H2,1-2H3,(H2,29,31)/t17-,26-/m0/s1.